The minimum Gasteiger partial charge on any atom is -0.374 e. The number of rotatable bonds is 4. The van der Waals surface area contributed by atoms with E-state index in [0.717, 1.165) is 36.3 Å². The van der Waals surface area contributed by atoms with Gasteiger partial charge in [-0.2, -0.15) is 0 Å². The fourth-order valence-corrected chi connectivity index (χ4v) is 4.63. The van der Waals surface area contributed by atoms with E-state index in [2.05, 4.69) is 14.6 Å². The number of fused-ring (bicyclic) bond motifs is 1. The van der Waals surface area contributed by atoms with Gasteiger partial charge < -0.3 is 4.90 Å². The second kappa shape index (κ2) is 6.39. The Balaban J connectivity index is 1.50. The molecule has 2 heterocycles. The third-order valence-corrected chi connectivity index (χ3v) is 6.49. The molecule has 1 aliphatic heterocycles. The quantitative estimate of drug-likeness (QED) is 0.890. The predicted octanol–water partition coefficient (Wildman–Crippen LogP) is 2.07. The Hall–Kier alpha value is -2.41. The molecular weight excluding hydrogens is 350 g/mol. The molecule has 0 bridgehead atoms. The summed E-state index contributed by atoms with van der Waals surface area (Å²) in [5.74, 6) is -0.784. The van der Waals surface area contributed by atoms with Gasteiger partial charge >= 0.3 is 0 Å². The molecule has 1 aromatic heterocycles. The van der Waals surface area contributed by atoms with Gasteiger partial charge in [-0.15, -0.1) is 0 Å². The molecule has 2 atom stereocenters. The van der Waals surface area contributed by atoms with Gasteiger partial charge in [0.05, 0.1) is 4.90 Å². The monoisotopic (exact) mass is 371 g/mol. The van der Waals surface area contributed by atoms with Gasteiger partial charge in [0.1, 0.15) is 0 Å². The highest BCUT2D eigenvalue weighted by atomic mass is 32.2. The minimum absolute atomic E-state index is 0.000987. The number of aryl methyl sites for hydroxylation is 1. The first-order chi connectivity index (χ1) is 12.5. The summed E-state index contributed by atoms with van der Waals surface area (Å²) in [5, 5.41) is 0. The zero-order valence-electron chi connectivity index (χ0n) is 14.6. The van der Waals surface area contributed by atoms with Crippen LogP contribution >= 0.6 is 0 Å². The smallest absolute Gasteiger partial charge is 0.264 e. The Morgan fingerprint density at radius 2 is 2.12 bits per heavy atom. The van der Waals surface area contributed by atoms with E-state index in [1.807, 2.05) is 31.3 Å². The van der Waals surface area contributed by atoms with Gasteiger partial charge in [-0.1, -0.05) is 12.1 Å². The number of pyridine rings is 1. The molecule has 0 saturated heterocycles. The summed E-state index contributed by atoms with van der Waals surface area (Å²) in [6, 6.07) is 10.6. The topological polar surface area (TPSA) is 79.4 Å². The first-order valence-electron chi connectivity index (χ1n) is 8.77. The molecule has 1 aliphatic carbocycles. The van der Waals surface area contributed by atoms with Crippen molar-refractivity contribution < 1.29 is 13.2 Å². The van der Waals surface area contributed by atoms with Crippen LogP contribution in [0.1, 0.15) is 30.0 Å². The van der Waals surface area contributed by atoms with Crippen molar-refractivity contribution in [3.8, 4) is 0 Å². The van der Waals surface area contributed by atoms with Crippen LogP contribution in [-0.4, -0.2) is 32.9 Å². The molecular formula is C19H21N3O3S. The van der Waals surface area contributed by atoms with Gasteiger partial charge in [-0.25, -0.2) is 13.1 Å². The van der Waals surface area contributed by atoms with Gasteiger partial charge in [0.15, 0.2) is 0 Å². The highest BCUT2D eigenvalue weighted by Gasteiger charge is 2.46. The number of hydrogen-bond acceptors (Lipinski definition) is 5. The Morgan fingerprint density at radius 3 is 2.88 bits per heavy atom. The Kier molecular flexibility index (Phi) is 4.19. The first-order valence-corrected chi connectivity index (χ1v) is 10.3. The van der Waals surface area contributed by atoms with Crippen LogP contribution in [0.2, 0.25) is 0 Å². The van der Waals surface area contributed by atoms with Gasteiger partial charge in [0.25, 0.3) is 10.0 Å². The van der Waals surface area contributed by atoms with E-state index < -0.39 is 15.9 Å². The average Bonchev–Trinajstić information content (AvgIpc) is 3.43. The Bertz CT molecular complexity index is 944. The first kappa shape index (κ1) is 17.0. The van der Waals surface area contributed by atoms with Crippen LogP contribution in [-0.2, 0) is 21.2 Å². The van der Waals surface area contributed by atoms with Crippen molar-refractivity contribution in [3.05, 3.63) is 53.9 Å². The molecule has 26 heavy (non-hydrogen) atoms. The SMILES string of the molecule is CN1CCCc2ccc(S(=O)(=O)NC(=O)[C@@H]3C[C@H]3c3ccccn3)cc21. The summed E-state index contributed by atoms with van der Waals surface area (Å²) < 4.78 is 27.5. The van der Waals surface area contributed by atoms with Crippen molar-refractivity contribution in [1.29, 1.82) is 0 Å². The highest BCUT2D eigenvalue weighted by Crippen LogP contribution is 2.46. The molecule has 0 spiro atoms. The number of carbonyl (C=O) groups excluding carboxylic acids is 1. The lowest BCUT2D eigenvalue weighted by molar-refractivity contribution is -0.120. The van der Waals surface area contributed by atoms with Crippen molar-refractivity contribution in [2.75, 3.05) is 18.5 Å². The summed E-state index contributed by atoms with van der Waals surface area (Å²) in [4.78, 5) is 18.8. The largest absolute Gasteiger partial charge is 0.374 e. The van der Waals surface area contributed by atoms with E-state index in [0.29, 0.717) is 6.42 Å². The molecule has 1 N–H and O–H groups in total. The van der Waals surface area contributed by atoms with Crippen molar-refractivity contribution >= 4 is 21.6 Å². The third-order valence-electron chi connectivity index (χ3n) is 5.15. The summed E-state index contributed by atoms with van der Waals surface area (Å²) in [5.41, 5.74) is 2.89. The molecule has 4 rings (SSSR count). The van der Waals surface area contributed by atoms with Crippen molar-refractivity contribution in [2.24, 2.45) is 5.92 Å². The second-order valence-corrected chi connectivity index (χ2v) is 8.67. The van der Waals surface area contributed by atoms with Crippen LogP contribution in [0.15, 0.2) is 47.5 Å². The van der Waals surface area contributed by atoms with Crippen molar-refractivity contribution in [2.45, 2.75) is 30.1 Å². The average molecular weight is 371 g/mol. The normalized spacial score (nSPS) is 21.8. The minimum atomic E-state index is -3.87. The number of nitrogens with zero attached hydrogens (tertiary/aromatic N) is 2. The Morgan fingerprint density at radius 1 is 1.27 bits per heavy atom. The van der Waals surface area contributed by atoms with Crippen LogP contribution in [0.4, 0.5) is 5.69 Å². The molecule has 0 radical (unpaired) electrons. The van der Waals surface area contributed by atoms with Crippen LogP contribution < -0.4 is 9.62 Å². The molecule has 136 valence electrons. The zero-order valence-corrected chi connectivity index (χ0v) is 15.4. The maximum absolute atomic E-state index is 12.6. The molecule has 0 unspecified atom stereocenters. The number of aromatic nitrogens is 1. The van der Waals surface area contributed by atoms with E-state index in [1.165, 1.54) is 0 Å². The fraction of sp³-hybridized carbons (Fsp3) is 0.368. The fourth-order valence-electron chi connectivity index (χ4n) is 3.58. The zero-order chi connectivity index (χ0) is 18.3. The standard InChI is InChI=1S/C19H21N3O3S/c1-22-10-4-5-13-7-8-14(11-18(13)22)26(24,25)21-19(23)16-12-15(16)17-6-2-3-9-20-17/h2-3,6-9,11,15-16H,4-5,10,12H2,1H3,(H,21,23)/t15-,16-/m1/s1. The molecule has 6 nitrogen and oxygen atoms in total. The summed E-state index contributed by atoms with van der Waals surface area (Å²) >= 11 is 0. The Labute approximate surface area is 153 Å². The molecule has 7 heteroatoms. The van der Waals surface area contributed by atoms with Crippen LogP contribution in [0.3, 0.4) is 0 Å². The molecule has 1 fully saturated rings. The van der Waals surface area contributed by atoms with Crippen LogP contribution in [0.25, 0.3) is 0 Å². The third kappa shape index (κ3) is 3.19. The van der Waals surface area contributed by atoms with Gasteiger partial charge in [0.2, 0.25) is 5.91 Å². The van der Waals surface area contributed by atoms with Crippen molar-refractivity contribution in [1.82, 2.24) is 9.71 Å². The number of hydrogen-bond donors (Lipinski definition) is 1. The number of anilines is 1. The molecule has 2 aliphatic rings. The summed E-state index contributed by atoms with van der Waals surface area (Å²) in [7, 11) is -1.92. The lowest BCUT2D eigenvalue weighted by atomic mass is 10.0. The molecule has 1 aromatic carbocycles. The number of carbonyl (C=O) groups is 1. The van der Waals surface area contributed by atoms with E-state index in [1.54, 1.807) is 18.3 Å². The lowest BCUT2D eigenvalue weighted by Gasteiger charge is -2.27. The lowest BCUT2D eigenvalue weighted by Crippen LogP contribution is -2.32. The predicted molar refractivity (Wildman–Crippen MR) is 98.4 cm³/mol. The maximum atomic E-state index is 12.6. The van der Waals surface area contributed by atoms with E-state index >= 15 is 0 Å². The van der Waals surface area contributed by atoms with Gasteiger partial charge in [-0.05, 0) is 49.1 Å². The van der Waals surface area contributed by atoms with Gasteiger partial charge in [-0.3, -0.25) is 9.78 Å². The molecule has 1 saturated carbocycles. The summed E-state index contributed by atoms with van der Waals surface area (Å²) in [6.45, 7) is 0.899. The molecule has 2 aromatic rings. The maximum Gasteiger partial charge on any atom is 0.264 e. The van der Waals surface area contributed by atoms with E-state index in [4.69, 9.17) is 0 Å². The van der Waals surface area contributed by atoms with Crippen LogP contribution in [0.5, 0.6) is 0 Å². The second-order valence-electron chi connectivity index (χ2n) is 6.99. The van der Waals surface area contributed by atoms with Crippen LogP contribution in [0, 0.1) is 5.92 Å². The number of nitrogens with one attached hydrogen (secondary N) is 1. The number of sulfonamides is 1. The summed E-state index contributed by atoms with van der Waals surface area (Å²) in [6.07, 6.45) is 4.32. The number of benzene rings is 1. The van der Waals surface area contributed by atoms with Gasteiger partial charge in [0, 0.05) is 43.0 Å². The highest BCUT2D eigenvalue weighted by molar-refractivity contribution is 7.90. The van der Waals surface area contributed by atoms with E-state index in [-0.39, 0.29) is 16.7 Å². The molecule has 1 amide bonds. The number of amides is 1. The van der Waals surface area contributed by atoms with E-state index in [9.17, 15) is 13.2 Å². The van der Waals surface area contributed by atoms with Crippen molar-refractivity contribution in [3.63, 3.8) is 0 Å².